The molecule has 2 aromatic heterocycles. The van der Waals surface area contributed by atoms with Crippen molar-refractivity contribution in [3.8, 4) is 17.1 Å². The molecule has 1 aliphatic heterocycles. The first kappa shape index (κ1) is 18.6. The zero-order valence-electron chi connectivity index (χ0n) is 16.9. The summed E-state index contributed by atoms with van der Waals surface area (Å²) in [5.41, 5.74) is 5.04. The van der Waals surface area contributed by atoms with Crippen LogP contribution in [0.25, 0.3) is 11.3 Å². The quantitative estimate of drug-likeness (QED) is 0.694. The van der Waals surface area contributed by atoms with Crippen LogP contribution in [0.15, 0.2) is 36.7 Å². The SMILES string of the molecule is COc1nccnc1NC1CCN(C(=O)c2[nH]nc3c2CCc2ccccc2-3)CC1. The number of hydrogen-bond acceptors (Lipinski definition) is 6. The van der Waals surface area contributed by atoms with Gasteiger partial charge in [-0.2, -0.15) is 5.10 Å². The van der Waals surface area contributed by atoms with Crippen molar-refractivity contribution in [2.75, 3.05) is 25.5 Å². The summed E-state index contributed by atoms with van der Waals surface area (Å²) in [4.78, 5) is 23.6. The first-order valence-electron chi connectivity index (χ1n) is 10.3. The molecule has 2 aliphatic rings. The number of aryl methyl sites for hydroxylation is 1. The van der Waals surface area contributed by atoms with Gasteiger partial charge < -0.3 is 15.0 Å². The maximum absolute atomic E-state index is 13.2. The molecule has 1 saturated heterocycles. The van der Waals surface area contributed by atoms with E-state index in [0.29, 0.717) is 30.5 Å². The minimum absolute atomic E-state index is 0.0404. The topological polar surface area (TPSA) is 96.0 Å². The number of carbonyl (C=O) groups is 1. The lowest BCUT2D eigenvalue weighted by Crippen LogP contribution is -2.43. The highest BCUT2D eigenvalue weighted by Crippen LogP contribution is 2.34. The highest BCUT2D eigenvalue weighted by molar-refractivity contribution is 5.96. The molecule has 1 aromatic carbocycles. The van der Waals surface area contributed by atoms with Gasteiger partial charge in [0.2, 0.25) is 0 Å². The summed E-state index contributed by atoms with van der Waals surface area (Å²) in [7, 11) is 1.58. The summed E-state index contributed by atoms with van der Waals surface area (Å²) >= 11 is 0. The monoisotopic (exact) mass is 404 g/mol. The Hall–Kier alpha value is -3.42. The number of nitrogens with zero attached hydrogens (tertiary/aromatic N) is 4. The minimum Gasteiger partial charge on any atom is -0.478 e. The number of ether oxygens (including phenoxy) is 1. The molecule has 154 valence electrons. The number of carbonyl (C=O) groups excluding carboxylic acids is 1. The first-order chi connectivity index (χ1) is 14.7. The molecule has 0 atom stereocenters. The minimum atomic E-state index is 0.0404. The number of amides is 1. The van der Waals surface area contributed by atoms with Gasteiger partial charge in [-0.3, -0.25) is 9.89 Å². The molecule has 1 fully saturated rings. The van der Waals surface area contributed by atoms with Crippen molar-refractivity contribution in [3.05, 3.63) is 53.5 Å². The van der Waals surface area contributed by atoms with Crippen LogP contribution in [0.4, 0.5) is 5.82 Å². The lowest BCUT2D eigenvalue weighted by Gasteiger charge is -2.32. The number of methoxy groups -OCH3 is 1. The molecule has 5 rings (SSSR count). The summed E-state index contributed by atoms with van der Waals surface area (Å²) < 4.78 is 5.26. The van der Waals surface area contributed by atoms with E-state index in [1.54, 1.807) is 19.5 Å². The number of anilines is 1. The van der Waals surface area contributed by atoms with Crippen molar-refractivity contribution in [1.29, 1.82) is 0 Å². The van der Waals surface area contributed by atoms with Crippen LogP contribution in [0.3, 0.4) is 0 Å². The number of hydrogen-bond donors (Lipinski definition) is 2. The van der Waals surface area contributed by atoms with Crippen LogP contribution in [0.5, 0.6) is 5.88 Å². The summed E-state index contributed by atoms with van der Waals surface area (Å²) in [5.74, 6) is 1.17. The average Bonchev–Trinajstić information content (AvgIpc) is 3.24. The van der Waals surface area contributed by atoms with Gasteiger partial charge in [0.15, 0.2) is 5.82 Å². The summed E-state index contributed by atoms with van der Waals surface area (Å²) in [6, 6.07) is 8.52. The number of aromatic nitrogens is 4. The molecule has 1 aliphatic carbocycles. The van der Waals surface area contributed by atoms with Gasteiger partial charge >= 0.3 is 0 Å². The van der Waals surface area contributed by atoms with E-state index in [2.05, 4.69) is 43.7 Å². The van der Waals surface area contributed by atoms with E-state index in [-0.39, 0.29) is 11.9 Å². The molecule has 8 heteroatoms. The molecule has 3 aromatic rings. The average molecular weight is 404 g/mol. The Morgan fingerprint density at radius 1 is 1.17 bits per heavy atom. The maximum Gasteiger partial charge on any atom is 0.272 e. The number of aromatic amines is 1. The number of rotatable bonds is 4. The van der Waals surface area contributed by atoms with Gasteiger partial charge in [0.05, 0.1) is 12.8 Å². The highest BCUT2D eigenvalue weighted by Gasteiger charge is 2.30. The largest absolute Gasteiger partial charge is 0.478 e. The van der Waals surface area contributed by atoms with E-state index < -0.39 is 0 Å². The van der Waals surface area contributed by atoms with Crippen molar-refractivity contribution in [1.82, 2.24) is 25.1 Å². The number of fused-ring (bicyclic) bond motifs is 3. The van der Waals surface area contributed by atoms with E-state index in [4.69, 9.17) is 4.74 Å². The fourth-order valence-electron chi connectivity index (χ4n) is 4.39. The molecule has 0 saturated carbocycles. The lowest BCUT2D eigenvalue weighted by atomic mass is 9.89. The highest BCUT2D eigenvalue weighted by atomic mass is 16.5. The number of likely N-dealkylation sites (tertiary alicyclic amines) is 1. The second kappa shape index (κ2) is 7.78. The van der Waals surface area contributed by atoms with E-state index in [1.165, 1.54) is 5.56 Å². The molecule has 0 unspecified atom stereocenters. The Morgan fingerprint density at radius 3 is 2.80 bits per heavy atom. The zero-order chi connectivity index (χ0) is 20.5. The Kier molecular flexibility index (Phi) is 4.82. The molecule has 2 N–H and O–H groups in total. The van der Waals surface area contributed by atoms with Crippen LogP contribution >= 0.6 is 0 Å². The lowest BCUT2D eigenvalue weighted by molar-refractivity contribution is 0.0711. The molecular weight excluding hydrogens is 380 g/mol. The fourth-order valence-corrected chi connectivity index (χ4v) is 4.39. The Bertz CT molecular complexity index is 1070. The molecule has 3 heterocycles. The molecule has 0 bridgehead atoms. The number of benzene rings is 1. The predicted molar refractivity (Wildman–Crippen MR) is 113 cm³/mol. The van der Waals surface area contributed by atoms with Crippen molar-refractivity contribution in [3.63, 3.8) is 0 Å². The summed E-state index contributed by atoms with van der Waals surface area (Å²) in [5, 5.41) is 10.9. The van der Waals surface area contributed by atoms with Crippen LogP contribution < -0.4 is 10.1 Å². The Balaban J connectivity index is 1.27. The summed E-state index contributed by atoms with van der Waals surface area (Å²) in [6.45, 7) is 1.37. The van der Waals surface area contributed by atoms with Gasteiger partial charge in [-0.15, -0.1) is 0 Å². The van der Waals surface area contributed by atoms with Crippen LogP contribution in [0, 0.1) is 0 Å². The third kappa shape index (κ3) is 3.28. The molecular formula is C22H24N6O2. The molecule has 0 radical (unpaired) electrons. The van der Waals surface area contributed by atoms with Gasteiger partial charge in [0, 0.05) is 42.7 Å². The van der Waals surface area contributed by atoms with Crippen molar-refractivity contribution >= 4 is 11.7 Å². The second-order valence-corrected chi connectivity index (χ2v) is 7.71. The molecule has 1 amide bonds. The van der Waals surface area contributed by atoms with Gasteiger partial charge in [-0.1, -0.05) is 24.3 Å². The first-order valence-corrected chi connectivity index (χ1v) is 10.3. The van der Waals surface area contributed by atoms with Crippen LogP contribution in [-0.4, -0.2) is 57.2 Å². The van der Waals surface area contributed by atoms with Crippen LogP contribution in [0.2, 0.25) is 0 Å². The van der Waals surface area contributed by atoms with E-state index in [1.807, 2.05) is 11.0 Å². The van der Waals surface area contributed by atoms with Gasteiger partial charge in [-0.05, 0) is 31.2 Å². The van der Waals surface area contributed by atoms with Crippen molar-refractivity contribution in [2.24, 2.45) is 0 Å². The normalized spacial score (nSPS) is 16.0. The van der Waals surface area contributed by atoms with Crippen LogP contribution in [0.1, 0.15) is 34.5 Å². The molecule has 0 spiro atoms. The Labute approximate surface area is 174 Å². The summed E-state index contributed by atoms with van der Waals surface area (Å²) in [6.07, 6.45) is 6.70. The van der Waals surface area contributed by atoms with E-state index in [9.17, 15) is 4.79 Å². The van der Waals surface area contributed by atoms with Gasteiger partial charge in [0.25, 0.3) is 11.8 Å². The van der Waals surface area contributed by atoms with Crippen molar-refractivity contribution in [2.45, 2.75) is 31.7 Å². The van der Waals surface area contributed by atoms with E-state index in [0.717, 1.165) is 42.5 Å². The second-order valence-electron chi connectivity index (χ2n) is 7.71. The third-order valence-corrected chi connectivity index (χ3v) is 5.98. The van der Waals surface area contributed by atoms with Crippen molar-refractivity contribution < 1.29 is 9.53 Å². The maximum atomic E-state index is 13.2. The Morgan fingerprint density at radius 2 is 1.97 bits per heavy atom. The molecule has 8 nitrogen and oxygen atoms in total. The number of piperidine rings is 1. The van der Waals surface area contributed by atoms with E-state index >= 15 is 0 Å². The van der Waals surface area contributed by atoms with Gasteiger partial charge in [0.1, 0.15) is 5.69 Å². The predicted octanol–water partition coefficient (Wildman–Crippen LogP) is 2.69. The standard InChI is InChI=1S/C22H24N6O2/c1-30-21-20(23-10-11-24-21)25-15-8-12-28(13-9-15)22(29)19-17-7-6-14-4-2-3-5-16(14)18(17)26-27-19/h2-5,10-11,15H,6-9,12-13H2,1H3,(H,23,25)(H,26,27). The third-order valence-electron chi connectivity index (χ3n) is 5.98. The van der Waals surface area contributed by atoms with Crippen LogP contribution in [-0.2, 0) is 12.8 Å². The fraction of sp³-hybridized carbons (Fsp3) is 0.364. The molecule has 30 heavy (non-hydrogen) atoms. The smallest absolute Gasteiger partial charge is 0.272 e. The van der Waals surface area contributed by atoms with Gasteiger partial charge in [-0.25, -0.2) is 9.97 Å². The number of nitrogens with one attached hydrogen (secondary N) is 2. The number of H-pyrrole nitrogens is 1. The zero-order valence-corrected chi connectivity index (χ0v) is 16.9.